The van der Waals surface area contributed by atoms with Crippen LogP contribution in [0.2, 0.25) is 0 Å². The Bertz CT molecular complexity index is 482. The molecule has 0 aliphatic carbocycles. The Hall–Kier alpha value is -2.05. The van der Waals surface area contributed by atoms with Gasteiger partial charge >= 0.3 is 5.97 Å². The topological polar surface area (TPSA) is 90.5 Å². The second-order valence-corrected chi connectivity index (χ2v) is 4.31. The average molecular weight is 268 g/mol. The van der Waals surface area contributed by atoms with E-state index in [1.807, 2.05) is 6.92 Å². The number of ether oxygens (including phenoxy) is 1. The van der Waals surface area contributed by atoms with Crippen molar-refractivity contribution in [1.82, 2.24) is 14.7 Å². The van der Waals surface area contributed by atoms with Gasteiger partial charge in [0.15, 0.2) is 6.61 Å². The van der Waals surface area contributed by atoms with E-state index in [1.54, 1.807) is 20.9 Å². The van der Waals surface area contributed by atoms with Gasteiger partial charge in [0.1, 0.15) is 6.54 Å². The van der Waals surface area contributed by atoms with Gasteiger partial charge in [-0.15, -0.1) is 0 Å². The fraction of sp³-hybridized carbons (Fsp3) is 0.583. The number of nitrogens with zero attached hydrogens (tertiary/aromatic N) is 3. The molecule has 0 bridgehead atoms. The van der Waals surface area contributed by atoms with Crippen LogP contribution in [0.15, 0.2) is 0 Å². The van der Waals surface area contributed by atoms with Crippen molar-refractivity contribution in [3.05, 3.63) is 11.4 Å². The smallest absolute Gasteiger partial charge is 0.328 e. The predicted octanol–water partition coefficient (Wildman–Crippen LogP) is 0.104. The second kappa shape index (κ2) is 6.21. The van der Waals surface area contributed by atoms with Gasteiger partial charge in [0.05, 0.1) is 17.1 Å². The van der Waals surface area contributed by atoms with Crippen LogP contribution in [0, 0.1) is 13.8 Å². The van der Waals surface area contributed by atoms with Crippen LogP contribution in [0.25, 0.3) is 0 Å². The first-order valence-electron chi connectivity index (χ1n) is 6.05. The van der Waals surface area contributed by atoms with Crippen LogP contribution in [0.4, 0.5) is 5.69 Å². The minimum atomic E-state index is -0.511. The summed E-state index contributed by atoms with van der Waals surface area (Å²) in [5.74, 6) is -0.743. The van der Waals surface area contributed by atoms with Crippen molar-refractivity contribution in [1.29, 1.82) is 0 Å². The van der Waals surface area contributed by atoms with Crippen LogP contribution in [-0.2, 0) is 20.9 Å². The zero-order chi connectivity index (χ0) is 14.6. The Kier molecular flexibility index (Phi) is 4.91. The highest BCUT2D eigenvalue weighted by atomic mass is 16.5. The van der Waals surface area contributed by atoms with E-state index in [9.17, 15) is 9.59 Å². The molecule has 0 aliphatic heterocycles. The molecule has 2 N–H and O–H groups in total. The second-order valence-electron chi connectivity index (χ2n) is 4.31. The Morgan fingerprint density at radius 3 is 2.53 bits per heavy atom. The summed E-state index contributed by atoms with van der Waals surface area (Å²) in [6.45, 7) is 5.66. The maximum Gasteiger partial charge on any atom is 0.328 e. The highest BCUT2D eigenvalue weighted by molar-refractivity contribution is 5.80. The molecule has 1 rings (SSSR count). The molecule has 7 heteroatoms. The predicted molar refractivity (Wildman–Crippen MR) is 70.4 cm³/mol. The van der Waals surface area contributed by atoms with Crippen LogP contribution in [0.3, 0.4) is 0 Å². The summed E-state index contributed by atoms with van der Waals surface area (Å²) in [6.07, 6.45) is 0. The van der Waals surface area contributed by atoms with E-state index in [4.69, 9.17) is 10.5 Å². The van der Waals surface area contributed by atoms with Gasteiger partial charge in [-0.2, -0.15) is 5.10 Å². The van der Waals surface area contributed by atoms with Crippen LogP contribution < -0.4 is 5.73 Å². The summed E-state index contributed by atoms with van der Waals surface area (Å²) in [6, 6.07) is 0. The number of carbonyl (C=O) groups excluding carboxylic acids is 2. The molecule has 0 radical (unpaired) electrons. The summed E-state index contributed by atoms with van der Waals surface area (Å²) in [5.41, 5.74) is 7.71. The molecule has 1 aromatic heterocycles. The molecule has 106 valence electrons. The van der Waals surface area contributed by atoms with E-state index in [2.05, 4.69) is 5.10 Å². The molecule has 0 fully saturated rings. The Morgan fingerprint density at radius 1 is 1.42 bits per heavy atom. The molecule has 0 aromatic carbocycles. The van der Waals surface area contributed by atoms with E-state index in [1.165, 1.54) is 9.58 Å². The number of nitrogen functional groups attached to an aromatic ring is 1. The van der Waals surface area contributed by atoms with Crippen molar-refractivity contribution < 1.29 is 14.3 Å². The van der Waals surface area contributed by atoms with Crippen molar-refractivity contribution in [2.75, 3.05) is 25.9 Å². The first kappa shape index (κ1) is 15.0. The molecule has 1 amide bonds. The normalized spacial score (nSPS) is 10.3. The third-order valence-electron chi connectivity index (χ3n) is 2.97. The highest BCUT2D eigenvalue weighted by Gasteiger charge is 2.14. The average Bonchev–Trinajstić information content (AvgIpc) is 2.62. The number of carbonyl (C=O) groups is 2. The largest absolute Gasteiger partial charge is 0.454 e. The maximum atomic E-state index is 11.6. The fourth-order valence-corrected chi connectivity index (χ4v) is 1.46. The van der Waals surface area contributed by atoms with E-state index < -0.39 is 5.97 Å². The zero-order valence-electron chi connectivity index (χ0n) is 11.8. The quantitative estimate of drug-likeness (QED) is 0.765. The molecule has 0 spiro atoms. The zero-order valence-corrected chi connectivity index (χ0v) is 11.8. The summed E-state index contributed by atoms with van der Waals surface area (Å²) in [7, 11) is 1.65. The monoisotopic (exact) mass is 268 g/mol. The minimum absolute atomic E-state index is 0.0486. The Morgan fingerprint density at radius 2 is 2.05 bits per heavy atom. The van der Waals surface area contributed by atoms with Crippen LogP contribution in [0.5, 0.6) is 0 Å². The Labute approximate surface area is 112 Å². The standard InChI is InChI=1S/C12H20N4O3/c1-5-15(4)10(17)7-19-11(18)6-16-9(3)12(13)8(2)14-16/h5-7,13H2,1-4H3. The van der Waals surface area contributed by atoms with E-state index in [0.29, 0.717) is 23.6 Å². The maximum absolute atomic E-state index is 11.6. The van der Waals surface area contributed by atoms with Crippen LogP contribution in [0.1, 0.15) is 18.3 Å². The molecule has 19 heavy (non-hydrogen) atoms. The van der Waals surface area contributed by atoms with Crippen molar-refractivity contribution in [3.63, 3.8) is 0 Å². The van der Waals surface area contributed by atoms with Gasteiger partial charge in [0.2, 0.25) is 0 Å². The summed E-state index contributed by atoms with van der Waals surface area (Å²) in [4.78, 5) is 24.5. The molecule has 0 aliphatic rings. The van der Waals surface area contributed by atoms with Crippen LogP contribution in [-0.4, -0.2) is 46.8 Å². The third kappa shape index (κ3) is 3.70. The molecule has 0 unspecified atom stereocenters. The number of aryl methyl sites for hydroxylation is 1. The Balaban J connectivity index is 2.52. The SMILES string of the molecule is CCN(C)C(=O)COC(=O)Cn1nc(C)c(N)c1C. The van der Waals surface area contributed by atoms with Gasteiger partial charge in [-0.25, -0.2) is 0 Å². The van der Waals surface area contributed by atoms with Crippen molar-refractivity contribution in [2.45, 2.75) is 27.3 Å². The lowest BCUT2D eigenvalue weighted by molar-refractivity contribution is -0.152. The van der Waals surface area contributed by atoms with Gasteiger partial charge in [0, 0.05) is 13.6 Å². The lowest BCUT2D eigenvalue weighted by Gasteiger charge is -2.14. The first-order chi connectivity index (χ1) is 8.86. The number of likely N-dealkylation sites (N-methyl/N-ethyl adjacent to an activating group) is 1. The molecule has 1 aromatic rings. The summed E-state index contributed by atoms with van der Waals surface area (Å²) < 4.78 is 6.38. The number of aromatic nitrogens is 2. The van der Waals surface area contributed by atoms with Gasteiger partial charge in [0.25, 0.3) is 5.91 Å². The molecule has 0 atom stereocenters. The van der Waals surface area contributed by atoms with E-state index in [-0.39, 0.29) is 19.1 Å². The van der Waals surface area contributed by atoms with Crippen LogP contribution >= 0.6 is 0 Å². The number of anilines is 1. The lowest BCUT2D eigenvalue weighted by atomic mass is 10.3. The lowest BCUT2D eigenvalue weighted by Crippen LogP contribution is -2.31. The van der Waals surface area contributed by atoms with Gasteiger partial charge in [-0.1, -0.05) is 0 Å². The minimum Gasteiger partial charge on any atom is -0.454 e. The van der Waals surface area contributed by atoms with Crippen molar-refractivity contribution in [2.24, 2.45) is 0 Å². The molecular weight excluding hydrogens is 248 g/mol. The molecule has 1 heterocycles. The van der Waals surface area contributed by atoms with Crippen molar-refractivity contribution in [3.8, 4) is 0 Å². The highest BCUT2D eigenvalue weighted by Crippen LogP contribution is 2.14. The molecular formula is C12H20N4O3. The van der Waals surface area contributed by atoms with Gasteiger partial charge in [-0.3, -0.25) is 14.3 Å². The van der Waals surface area contributed by atoms with E-state index >= 15 is 0 Å². The summed E-state index contributed by atoms with van der Waals surface area (Å²) >= 11 is 0. The molecule has 0 saturated carbocycles. The molecule has 7 nitrogen and oxygen atoms in total. The van der Waals surface area contributed by atoms with Gasteiger partial charge < -0.3 is 15.4 Å². The number of rotatable bonds is 5. The number of hydrogen-bond donors (Lipinski definition) is 1. The number of nitrogens with two attached hydrogens (primary N) is 1. The van der Waals surface area contributed by atoms with Crippen molar-refractivity contribution >= 4 is 17.6 Å². The third-order valence-corrected chi connectivity index (χ3v) is 2.97. The number of esters is 1. The fourth-order valence-electron chi connectivity index (χ4n) is 1.46. The number of amides is 1. The molecule has 0 saturated heterocycles. The van der Waals surface area contributed by atoms with Gasteiger partial charge in [-0.05, 0) is 20.8 Å². The first-order valence-corrected chi connectivity index (χ1v) is 6.05. The van der Waals surface area contributed by atoms with E-state index in [0.717, 1.165) is 0 Å². The number of hydrogen-bond acceptors (Lipinski definition) is 5. The summed E-state index contributed by atoms with van der Waals surface area (Å²) in [5, 5.41) is 4.12.